The molecule has 4 rings (SSSR count). The number of carbonyl (C=O) groups is 2. The lowest BCUT2D eigenvalue weighted by molar-refractivity contribution is -0.122. The van der Waals surface area contributed by atoms with Gasteiger partial charge in [-0.25, -0.2) is 9.79 Å². The number of hydrogen-bond acceptors (Lipinski definition) is 6. The van der Waals surface area contributed by atoms with Crippen molar-refractivity contribution in [1.29, 1.82) is 0 Å². The zero-order valence-corrected chi connectivity index (χ0v) is 22.9. The van der Waals surface area contributed by atoms with Crippen LogP contribution in [-0.4, -0.2) is 40.7 Å². The Bertz CT molecular complexity index is 1400. The highest BCUT2D eigenvalue weighted by molar-refractivity contribution is 9.10. The van der Waals surface area contributed by atoms with Crippen molar-refractivity contribution in [3.8, 4) is 11.5 Å². The molecule has 0 unspecified atom stereocenters. The van der Waals surface area contributed by atoms with Crippen LogP contribution in [0, 0.1) is 6.92 Å². The van der Waals surface area contributed by atoms with E-state index in [4.69, 9.17) is 9.47 Å². The molecule has 0 atom stereocenters. The molecule has 0 spiro atoms. The maximum absolute atomic E-state index is 13.1. The molecule has 1 amide bonds. The number of carbonyl (C=O) groups excluding carboxylic acids is 1. The first-order valence-electron chi connectivity index (χ1n) is 11.5. The maximum atomic E-state index is 13.1. The average Bonchev–Trinajstić information content (AvgIpc) is 3.17. The summed E-state index contributed by atoms with van der Waals surface area (Å²) in [6.07, 6.45) is 1.78. The summed E-state index contributed by atoms with van der Waals surface area (Å²) < 4.78 is 12.3. The molecule has 0 radical (unpaired) electrons. The number of aromatic carboxylic acids is 1. The van der Waals surface area contributed by atoms with Crippen LogP contribution >= 0.6 is 27.7 Å². The largest absolute Gasteiger partial charge is 0.493 e. The third kappa shape index (κ3) is 6.23. The molecule has 190 valence electrons. The van der Waals surface area contributed by atoms with Crippen LogP contribution in [0.5, 0.6) is 11.5 Å². The van der Waals surface area contributed by atoms with E-state index in [1.54, 1.807) is 30.2 Å². The van der Waals surface area contributed by atoms with Crippen molar-refractivity contribution in [1.82, 2.24) is 4.90 Å². The molecule has 0 bridgehead atoms. The normalized spacial score (nSPS) is 15.5. The fraction of sp³-hybridized carbons (Fsp3) is 0.179. The Balaban J connectivity index is 1.59. The summed E-state index contributed by atoms with van der Waals surface area (Å²) in [7, 11) is 1.57. The fourth-order valence-electron chi connectivity index (χ4n) is 3.64. The van der Waals surface area contributed by atoms with Crippen LogP contribution in [-0.2, 0) is 11.4 Å². The lowest BCUT2D eigenvalue weighted by Crippen LogP contribution is -2.28. The number of aliphatic imine (C=N–C) groups is 1. The van der Waals surface area contributed by atoms with E-state index in [0.717, 1.165) is 11.1 Å². The third-order valence-electron chi connectivity index (χ3n) is 5.58. The van der Waals surface area contributed by atoms with Gasteiger partial charge in [0.25, 0.3) is 5.91 Å². The van der Waals surface area contributed by atoms with Crippen LogP contribution in [0.1, 0.15) is 34.0 Å². The molecule has 3 aromatic rings. The van der Waals surface area contributed by atoms with Crippen LogP contribution in [0.15, 0.2) is 75.0 Å². The second-order valence-electron chi connectivity index (χ2n) is 8.22. The zero-order chi connectivity index (χ0) is 26.5. The van der Waals surface area contributed by atoms with Crippen molar-refractivity contribution >= 4 is 56.5 Å². The summed E-state index contributed by atoms with van der Waals surface area (Å²) in [5.41, 5.74) is 3.58. The standard InChI is InChI=1S/C28H25BrN2O5S/c1-4-31-26(32)24(37-28(31)30-21-7-5-6-20(15-21)27(33)34)14-19-12-22(29)25(23(13-19)35-3)36-16-18-10-8-17(2)9-11-18/h5-15H,4,16H2,1-3H3,(H,33,34)/b24-14-,30-28?. The summed E-state index contributed by atoms with van der Waals surface area (Å²) in [4.78, 5) is 31.0. The van der Waals surface area contributed by atoms with Crippen LogP contribution in [0.25, 0.3) is 6.08 Å². The van der Waals surface area contributed by atoms with Crippen LogP contribution in [0.2, 0.25) is 0 Å². The predicted octanol–water partition coefficient (Wildman–Crippen LogP) is 6.67. The summed E-state index contributed by atoms with van der Waals surface area (Å²) in [6, 6.07) is 18.1. The first-order chi connectivity index (χ1) is 17.8. The highest BCUT2D eigenvalue weighted by atomic mass is 79.9. The third-order valence-corrected chi connectivity index (χ3v) is 7.17. The van der Waals surface area contributed by atoms with Gasteiger partial charge in [0, 0.05) is 6.54 Å². The number of rotatable bonds is 8. The predicted molar refractivity (Wildman–Crippen MR) is 150 cm³/mol. The Labute approximate surface area is 227 Å². The second kappa shape index (κ2) is 11.7. The van der Waals surface area contributed by atoms with Crippen molar-refractivity contribution in [3.05, 3.63) is 92.3 Å². The van der Waals surface area contributed by atoms with Gasteiger partial charge < -0.3 is 14.6 Å². The van der Waals surface area contributed by atoms with Gasteiger partial charge in [-0.1, -0.05) is 35.9 Å². The lowest BCUT2D eigenvalue weighted by Gasteiger charge is -2.14. The fourth-order valence-corrected chi connectivity index (χ4v) is 5.28. The molecular formula is C28H25BrN2O5S. The number of halogens is 1. The Morgan fingerprint density at radius 3 is 2.59 bits per heavy atom. The van der Waals surface area contributed by atoms with Gasteiger partial charge in [-0.3, -0.25) is 9.69 Å². The number of aryl methyl sites for hydroxylation is 1. The minimum Gasteiger partial charge on any atom is -0.493 e. The molecule has 3 aromatic carbocycles. The van der Waals surface area contributed by atoms with Crippen molar-refractivity contribution in [3.63, 3.8) is 0 Å². The molecule has 37 heavy (non-hydrogen) atoms. The molecule has 1 aliphatic rings. The Hall–Kier alpha value is -3.56. The van der Waals surface area contributed by atoms with Gasteiger partial charge in [0.1, 0.15) is 6.61 Å². The van der Waals surface area contributed by atoms with Gasteiger partial charge in [-0.05, 0) is 89.1 Å². The van der Waals surface area contributed by atoms with E-state index >= 15 is 0 Å². The van der Waals surface area contributed by atoms with E-state index in [9.17, 15) is 14.7 Å². The van der Waals surface area contributed by atoms with Gasteiger partial charge in [0.2, 0.25) is 0 Å². The smallest absolute Gasteiger partial charge is 0.335 e. The number of carboxylic acids is 1. The SMILES string of the molecule is CCN1C(=O)/C(=C/c2cc(Br)c(OCc3ccc(C)cc3)c(OC)c2)SC1=Nc1cccc(C(=O)O)c1. The number of hydrogen-bond donors (Lipinski definition) is 1. The summed E-state index contributed by atoms with van der Waals surface area (Å²) in [5.74, 6) is -0.0896. The summed E-state index contributed by atoms with van der Waals surface area (Å²) in [6.45, 7) is 4.72. The topological polar surface area (TPSA) is 88.4 Å². The van der Waals surface area contributed by atoms with E-state index in [2.05, 4.69) is 20.9 Å². The number of methoxy groups -OCH3 is 1. The molecule has 1 fully saturated rings. The van der Waals surface area contributed by atoms with E-state index < -0.39 is 5.97 Å². The summed E-state index contributed by atoms with van der Waals surface area (Å²) in [5, 5.41) is 9.74. The molecule has 7 nitrogen and oxygen atoms in total. The molecular weight excluding hydrogens is 556 g/mol. The summed E-state index contributed by atoms with van der Waals surface area (Å²) >= 11 is 4.82. The first-order valence-corrected chi connectivity index (χ1v) is 13.1. The minimum atomic E-state index is -1.03. The highest BCUT2D eigenvalue weighted by Gasteiger charge is 2.32. The average molecular weight is 581 g/mol. The zero-order valence-electron chi connectivity index (χ0n) is 20.5. The van der Waals surface area contributed by atoms with Crippen molar-refractivity contribution < 1.29 is 24.2 Å². The van der Waals surface area contributed by atoms with E-state index in [-0.39, 0.29) is 11.5 Å². The van der Waals surface area contributed by atoms with Gasteiger partial charge >= 0.3 is 5.97 Å². The molecule has 1 saturated heterocycles. The molecule has 1 aliphatic heterocycles. The Morgan fingerprint density at radius 2 is 1.92 bits per heavy atom. The number of nitrogens with zero attached hydrogens (tertiary/aromatic N) is 2. The van der Waals surface area contributed by atoms with Crippen molar-refractivity contribution in [2.45, 2.75) is 20.5 Å². The molecule has 0 aromatic heterocycles. The van der Waals surface area contributed by atoms with Crippen LogP contribution < -0.4 is 9.47 Å². The molecule has 1 heterocycles. The molecule has 1 N–H and O–H groups in total. The number of amides is 1. The Morgan fingerprint density at radius 1 is 1.16 bits per heavy atom. The molecule has 0 aliphatic carbocycles. The van der Waals surface area contributed by atoms with Crippen molar-refractivity contribution in [2.24, 2.45) is 4.99 Å². The van der Waals surface area contributed by atoms with Crippen LogP contribution in [0.4, 0.5) is 5.69 Å². The van der Waals surface area contributed by atoms with Gasteiger partial charge in [0.15, 0.2) is 16.7 Å². The van der Waals surface area contributed by atoms with Gasteiger partial charge in [-0.15, -0.1) is 0 Å². The second-order valence-corrected chi connectivity index (χ2v) is 10.1. The minimum absolute atomic E-state index is 0.136. The van der Waals surface area contributed by atoms with E-state index in [1.165, 1.54) is 29.5 Å². The number of ether oxygens (including phenoxy) is 2. The lowest BCUT2D eigenvalue weighted by atomic mass is 10.1. The number of likely N-dealkylation sites (N-methyl/N-ethyl adjacent to an activating group) is 1. The van der Waals surface area contributed by atoms with Gasteiger partial charge in [0.05, 0.1) is 27.7 Å². The quantitative estimate of drug-likeness (QED) is 0.299. The molecule has 9 heteroatoms. The molecule has 0 saturated carbocycles. The monoisotopic (exact) mass is 580 g/mol. The number of carboxylic acid groups (broad SMARTS) is 1. The number of thioether (sulfide) groups is 1. The maximum Gasteiger partial charge on any atom is 0.335 e. The highest BCUT2D eigenvalue weighted by Crippen LogP contribution is 2.40. The number of amidine groups is 1. The van der Waals surface area contributed by atoms with E-state index in [1.807, 2.05) is 50.2 Å². The Kier molecular flexibility index (Phi) is 8.35. The van der Waals surface area contributed by atoms with Crippen LogP contribution in [0.3, 0.4) is 0 Å². The van der Waals surface area contributed by atoms with Gasteiger partial charge in [-0.2, -0.15) is 0 Å². The van der Waals surface area contributed by atoms with Crippen molar-refractivity contribution in [2.75, 3.05) is 13.7 Å². The van der Waals surface area contributed by atoms with E-state index in [0.29, 0.717) is 44.9 Å². The number of benzene rings is 3. The first kappa shape index (κ1) is 26.5.